The van der Waals surface area contributed by atoms with E-state index in [9.17, 15) is 4.79 Å². The number of hydrogen-bond acceptors (Lipinski definition) is 1. The van der Waals surface area contributed by atoms with Crippen LogP contribution < -0.4 is 0 Å². The summed E-state index contributed by atoms with van der Waals surface area (Å²) in [7, 11) is 0. The van der Waals surface area contributed by atoms with Gasteiger partial charge in [-0.3, -0.25) is 4.79 Å². The van der Waals surface area contributed by atoms with Crippen molar-refractivity contribution in [1.29, 1.82) is 0 Å². The highest BCUT2D eigenvalue weighted by Crippen LogP contribution is 2.39. The molecule has 2 fully saturated rings. The van der Waals surface area contributed by atoms with Crippen LogP contribution in [0.5, 0.6) is 0 Å². The highest BCUT2D eigenvalue weighted by Gasteiger charge is 2.31. The van der Waals surface area contributed by atoms with Crippen molar-refractivity contribution in [2.75, 3.05) is 0 Å². The number of rotatable bonds is 0. The molecule has 0 N–H and O–H groups in total. The minimum absolute atomic E-state index is 0.485. The first kappa shape index (κ1) is 7.08. The Hall–Kier alpha value is -0.590. The fraction of sp³-hybridized carbons (Fsp3) is 0.700. The molecule has 2 aliphatic carbocycles. The quantitative estimate of drug-likeness (QED) is 0.484. The minimum atomic E-state index is 0.485. The Balaban J connectivity index is 2.11. The van der Waals surface area contributed by atoms with Crippen molar-refractivity contribution in [1.82, 2.24) is 0 Å². The van der Waals surface area contributed by atoms with Crippen LogP contribution in [0, 0.1) is 11.8 Å². The van der Waals surface area contributed by atoms with Gasteiger partial charge < -0.3 is 0 Å². The van der Waals surface area contributed by atoms with E-state index in [0.717, 1.165) is 25.7 Å². The summed E-state index contributed by atoms with van der Waals surface area (Å²) in [5.74, 6) is 1.80. The largest absolute Gasteiger partial charge is 0.300 e. The van der Waals surface area contributed by atoms with Crippen molar-refractivity contribution in [3.63, 3.8) is 0 Å². The molecule has 0 aromatic carbocycles. The molecule has 2 atom stereocenters. The monoisotopic (exact) mass is 150 g/mol. The van der Waals surface area contributed by atoms with E-state index in [1.54, 1.807) is 0 Å². The molecule has 0 aromatic rings. The smallest absolute Gasteiger partial charge is 0.133 e. The second kappa shape index (κ2) is 2.47. The molecule has 0 aromatic heterocycles. The lowest BCUT2D eigenvalue weighted by Gasteiger charge is -2.34. The number of Topliss-reactive ketones (excluding diaryl/α,β-unsaturated/α-hetero) is 1. The number of carbonyl (C=O) groups is 1. The van der Waals surface area contributed by atoms with Gasteiger partial charge in [-0.1, -0.05) is 12.2 Å². The van der Waals surface area contributed by atoms with Gasteiger partial charge in [-0.05, 0) is 31.1 Å². The normalized spacial score (nSPS) is 37.5. The molecule has 0 aliphatic heterocycles. The lowest BCUT2D eigenvalue weighted by Crippen LogP contribution is -2.27. The molecule has 0 radical (unpaired) electrons. The third-order valence-corrected chi connectivity index (χ3v) is 2.85. The van der Waals surface area contributed by atoms with E-state index in [1.165, 1.54) is 12.0 Å². The van der Waals surface area contributed by atoms with Gasteiger partial charge in [0.2, 0.25) is 0 Å². The molecule has 0 amide bonds. The average molecular weight is 150 g/mol. The fourth-order valence-electron chi connectivity index (χ4n) is 2.58. The predicted molar refractivity (Wildman–Crippen MR) is 44.2 cm³/mol. The predicted octanol–water partition coefficient (Wildman–Crippen LogP) is 2.32. The summed E-state index contributed by atoms with van der Waals surface area (Å²) in [6.07, 6.45) is 5.17. The van der Waals surface area contributed by atoms with Crippen LogP contribution >= 0.6 is 0 Å². The highest BCUT2D eigenvalue weighted by molar-refractivity contribution is 5.79. The van der Waals surface area contributed by atoms with Gasteiger partial charge in [0, 0.05) is 12.8 Å². The van der Waals surface area contributed by atoms with E-state index >= 15 is 0 Å². The lowest BCUT2D eigenvalue weighted by molar-refractivity contribution is -0.123. The number of allylic oxidation sites excluding steroid dienone is 1. The summed E-state index contributed by atoms with van der Waals surface area (Å²) in [5, 5.41) is 0. The van der Waals surface area contributed by atoms with Gasteiger partial charge in [0.15, 0.2) is 0 Å². The van der Waals surface area contributed by atoms with Crippen LogP contribution in [0.1, 0.15) is 32.1 Å². The van der Waals surface area contributed by atoms with Gasteiger partial charge in [-0.25, -0.2) is 0 Å². The zero-order chi connectivity index (χ0) is 7.84. The van der Waals surface area contributed by atoms with Crippen LogP contribution in [0.4, 0.5) is 0 Å². The summed E-state index contributed by atoms with van der Waals surface area (Å²) in [5.41, 5.74) is 1.37. The standard InChI is InChI=1S/C10H14O/c1-7-2-8-4-9(3-7)6-10(11)5-8/h8-9H,1-6H2/t8-,9-/m1/s1. The number of fused-ring (bicyclic) bond motifs is 2. The van der Waals surface area contributed by atoms with Crippen molar-refractivity contribution >= 4 is 5.78 Å². The molecule has 1 nitrogen and oxygen atoms in total. The molecule has 60 valence electrons. The van der Waals surface area contributed by atoms with Crippen molar-refractivity contribution in [2.24, 2.45) is 11.8 Å². The number of hydrogen-bond donors (Lipinski definition) is 0. The van der Waals surface area contributed by atoms with Gasteiger partial charge in [-0.2, -0.15) is 0 Å². The molecule has 11 heavy (non-hydrogen) atoms. The lowest BCUT2D eigenvalue weighted by atomic mass is 9.70. The van der Waals surface area contributed by atoms with E-state index in [0.29, 0.717) is 17.6 Å². The first-order valence-electron chi connectivity index (χ1n) is 4.42. The molecule has 0 unspecified atom stereocenters. The molecule has 0 heterocycles. The van der Waals surface area contributed by atoms with Crippen LogP contribution in [-0.2, 0) is 4.79 Å². The maximum Gasteiger partial charge on any atom is 0.133 e. The summed E-state index contributed by atoms with van der Waals surface area (Å²) in [6.45, 7) is 4.01. The third kappa shape index (κ3) is 1.37. The fourth-order valence-corrected chi connectivity index (χ4v) is 2.58. The number of carbonyl (C=O) groups excluding carboxylic acids is 1. The maximum atomic E-state index is 11.2. The van der Waals surface area contributed by atoms with Crippen molar-refractivity contribution < 1.29 is 4.79 Å². The minimum Gasteiger partial charge on any atom is -0.300 e. The SMILES string of the molecule is C=C1C[C@H]2CC(=O)C[C@H](C1)C2. The summed E-state index contributed by atoms with van der Waals surface area (Å²) in [6, 6.07) is 0. The van der Waals surface area contributed by atoms with Gasteiger partial charge in [0.1, 0.15) is 5.78 Å². The Morgan fingerprint density at radius 1 is 1.09 bits per heavy atom. The van der Waals surface area contributed by atoms with Crippen molar-refractivity contribution in [3.05, 3.63) is 12.2 Å². The van der Waals surface area contributed by atoms with Gasteiger partial charge in [0.05, 0.1) is 0 Å². The molecular weight excluding hydrogens is 136 g/mol. The Morgan fingerprint density at radius 3 is 2.18 bits per heavy atom. The zero-order valence-electron chi connectivity index (χ0n) is 6.81. The van der Waals surface area contributed by atoms with Crippen LogP contribution in [-0.4, -0.2) is 5.78 Å². The third-order valence-electron chi connectivity index (χ3n) is 2.85. The molecular formula is C10H14O. The van der Waals surface area contributed by atoms with Gasteiger partial charge >= 0.3 is 0 Å². The summed E-state index contributed by atoms with van der Waals surface area (Å²) in [4.78, 5) is 11.2. The summed E-state index contributed by atoms with van der Waals surface area (Å²) < 4.78 is 0. The molecule has 2 rings (SSSR count). The van der Waals surface area contributed by atoms with Gasteiger partial charge in [-0.15, -0.1) is 0 Å². The zero-order valence-corrected chi connectivity index (χ0v) is 6.81. The van der Waals surface area contributed by atoms with Crippen LogP contribution in [0.3, 0.4) is 0 Å². The first-order valence-corrected chi connectivity index (χ1v) is 4.42. The van der Waals surface area contributed by atoms with E-state index < -0.39 is 0 Å². The average Bonchev–Trinajstić information content (AvgIpc) is 1.82. The van der Waals surface area contributed by atoms with Gasteiger partial charge in [0.25, 0.3) is 0 Å². The topological polar surface area (TPSA) is 17.1 Å². The Morgan fingerprint density at radius 2 is 1.64 bits per heavy atom. The molecule has 1 heteroatoms. The van der Waals surface area contributed by atoms with E-state index in [1.807, 2.05) is 0 Å². The molecule has 2 bridgehead atoms. The van der Waals surface area contributed by atoms with Crippen molar-refractivity contribution in [3.8, 4) is 0 Å². The van der Waals surface area contributed by atoms with Crippen LogP contribution in [0.25, 0.3) is 0 Å². The van der Waals surface area contributed by atoms with E-state index in [4.69, 9.17) is 0 Å². The van der Waals surface area contributed by atoms with Crippen LogP contribution in [0.2, 0.25) is 0 Å². The Kier molecular flexibility index (Phi) is 1.59. The first-order chi connectivity index (χ1) is 5.24. The summed E-state index contributed by atoms with van der Waals surface area (Å²) >= 11 is 0. The number of ketones is 1. The van der Waals surface area contributed by atoms with E-state index in [2.05, 4.69) is 6.58 Å². The highest BCUT2D eigenvalue weighted by atomic mass is 16.1. The molecule has 2 saturated carbocycles. The molecule has 0 spiro atoms. The van der Waals surface area contributed by atoms with E-state index in [-0.39, 0.29) is 0 Å². The molecule has 0 saturated heterocycles. The van der Waals surface area contributed by atoms with Crippen molar-refractivity contribution in [2.45, 2.75) is 32.1 Å². The Bertz CT molecular complexity index is 167. The Labute approximate surface area is 67.5 Å². The second-order valence-electron chi connectivity index (χ2n) is 4.07. The van der Waals surface area contributed by atoms with Crippen LogP contribution in [0.15, 0.2) is 12.2 Å². The maximum absolute atomic E-state index is 11.2. The molecule has 2 aliphatic rings. The second-order valence-corrected chi connectivity index (χ2v) is 4.07.